The first-order valence-electron chi connectivity index (χ1n) is 11.9. The Kier molecular flexibility index (Phi) is 6.12. The summed E-state index contributed by atoms with van der Waals surface area (Å²) in [7, 11) is 0. The molecule has 0 saturated heterocycles. The number of carbonyl (C=O) groups is 2. The number of nitrogens with zero attached hydrogens (tertiary/aromatic N) is 1. The molecule has 0 aliphatic heterocycles. The highest BCUT2D eigenvalue weighted by atomic mass is 19.1. The van der Waals surface area contributed by atoms with Crippen molar-refractivity contribution in [3.63, 3.8) is 0 Å². The maximum absolute atomic E-state index is 15.1. The Balaban J connectivity index is 1.30. The third kappa shape index (κ3) is 4.63. The second-order valence-electron chi connectivity index (χ2n) is 9.64. The number of phenolic OH excluding ortho intramolecular Hbond substituents is 1. The van der Waals surface area contributed by atoms with Gasteiger partial charge in [0.1, 0.15) is 17.4 Å². The maximum Gasteiger partial charge on any atom is 0.150 e. The molecule has 3 aromatic carbocycles. The van der Waals surface area contributed by atoms with Crippen LogP contribution in [0.4, 0.5) is 8.78 Å². The molecular weight excluding hydrogens is 460 g/mol. The van der Waals surface area contributed by atoms with Gasteiger partial charge in [-0.1, -0.05) is 24.3 Å². The highest BCUT2D eigenvalue weighted by molar-refractivity contribution is 6.10. The van der Waals surface area contributed by atoms with Gasteiger partial charge in [-0.15, -0.1) is 0 Å². The number of aryl methyl sites for hydroxylation is 1. The van der Waals surface area contributed by atoms with Crippen LogP contribution in [0.15, 0.2) is 66.9 Å². The molecule has 1 aliphatic rings. The molecule has 1 aliphatic carbocycles. The minimum Gasteiger partial charge on any atom is -0.508 e. The van der Waals surface area contributed by atoms with Crippen molar-refractivity contribution in [1.29, 1.82) is 0 Å². The molecule has 0 amide bonds. The smallest absolute Gasteiger partial charge is 0.150 e. The Hall–Kier alpha value is -3.93. The zero-order valence-corrected chi connectivity index (χ0v) is 19.9. The van der Waals surface area contributed by atoms with Crippen LogP contribution in [-0.4, -0.2) is 21.7 Å². The Bertz CT molecular complexity index is 1490. The third-order valence-electron chi connectivity index (χ3n) is 7.11. The first-order chi connectivity index (χ1) is 17.2. The van der Waals surface area contributed by atoms with Crippen molar-refractivity contribution in [1.82, 2.24) is 4.98 Å². The van der Waals surface area contributed by atoms with Gasteiger partial charge in [-0.05, 0) is 77.9 Å². The minimum absolute atomic E-state index is 0.0109. The van der Waals surface area contributed by atoms with Crippen LogP contribution < -0.4 is 0 Å². The number of aromatic nitrogens is 1. The van der Waals surface area contributed by atoms with Gasteiger partial charge in [0.15, 0.2) is 11.6 Å². The highest BCUT2D eigenvalue weighted by Crippen LogP contribution is 2.48. The van der Waals surface area contributed by atoms with Crippen LogP contribution in [-0.2, 0) is 28.9 Å². The zero-order valence-electron chi connectivity index (χ0n) is 19.9. The van der Waals surface area contributed by atoms with Crippen molar-refractivity contribution >= 4 is 22.5 Å². The van der Waals surface area contributed by atoms with Crippen LogP contribution in [0.1, 0.15) is 40.7 Å². The molecule has 1 saturated carbocycles. The average molecular weight is 486 g/mol. The number of pyridine rings is 1. The summed E-state index contributed by atoms with van der Waals surface area (Å²) < 4.78 is 28.2. The molecule has 4 nitrogen and oxygen atoms in total. The molecule has 1 N–H and O–H groups in total. The lowest BCUT2D eigenvalue weighted by Gasteiger charge is -2.14. The van der Waals surface area contributed by atoms with Crippen LogP contribution in [0.2, 0.25) is 0 Å². The van der Waals surface area contributed by atoms with Gasteiger partial charge < -0.3 is 5.11 Å². The predicted octanol–water partition coefficient (Wildman–Crippen LogP) is 5.82. The first kappa shape index (κ1) is 23.8. The Morgan fingerprint density at radius 3 is 2.22 bits per heavy atom. The van der Waals surface area contributed by atoms with Gasteiger partial charge in [-0.2, -0.15) is 0 Å². The number of hydrogen-bond acceptors (Lipinski definition) is 4. The van der Waals surface area contributed by atoms with E-state index in [1.165, 1.54) is 18.2 Å². The van der Waals surface area contributed by atoms with E-state index in [9.17, 15) is 19.1 Å². The summed E-state index contributed by atoms with van der Waals surface area (Å²) in [5.74, 6) is -0.986. The van der Waals surface area contributed by atoms with Crippen molar-refractivity contribution in [3.05, 3.63) is 106 Å². The number of halogens is 2. The Morgan fingerprint density at radius 2 is 1.56 bits per heavy atom. The van der Waals surface area contributed by atoms with Crippen molar-refractivity contribution in [2.24, 2.45) is 5.41 Å². The summed E-state index contributed by atoms with van der Waals surface area (Å²) in [4.78, 5) is 30.2. The molecule has 0 spiro atoms. The summed E-state index contributed by atoms with van der Waals surface area (Å²) in [6.45, 7) is 1.80. The predicted molar refractivity (Wildman–Crippen MR) is 133 cm³/mol. The molecule has 0 radical (unpaired) electrons. The van der Waals surface area contributed by atoms with Crippen LogP contribution >= 0.6 is 0 Å². The van der Waals surface area contributed by atoms with E-state index in [-0.39, 0.29) is 36.0 Å². The van der Waals surface area contributed by atoms with Crippen molar-refractivity contribution in [2.75, 3.05) is 0 Å². The zero-order chi connectivity index (χ0) is 25.4. The SMILES string of the molecule is Cc1cc2c(Cc3ccc(CC(=O)C4(C(=O)Cc5ccc(F)cc5)CC4)cc3F)ccnc2cc1O. The Morgan fingerprint density at radius 1 is 0.889 bits per heavy atom. The number of benzene rings is 3. The third-order valence-corrected chi connectivity index (χ3v) is 7.11. The van der Waals surface area contributed by atoms with Crippen LogP contribution in [0.3, 0.4) is 0 Å². The van der Waals surface area contributed by atoms with E-state index in [4.69, 9.17) is 0 Å². The standard InChI is InChI=1S/C30H25F2NO3/c1-18-12-24-21(8-11-33-26(24)17-27(18)34)16-22-5-2-20(13-25(22)32)15-29(36)30(9-10-30)28(35)14-19-3-6-23(31)7-4-19/h2-8,11-13,17,34H,9-10,14-16H2,1H3. The number of phenols is 1. The number of fused-ring (bicyclic) bond motifs is 1. The lowest BCUT2D eigenvalue weighted by molar-refractivity contribution is -0.133. The fourth-order valence-corrected chi connectivity index (χ4v) is 4.70. The molecule has 0 unspecified atom stereocenters. The Labute approximate surface area is 207 Å². The molecule has 1 aromatic heterocycles. The van der Waals surface area contributed by atoms with E-state index in [0.29, 0.717) is 47.0 Å². The van der Waals surface area contributed by atoms with Crippen molar-refractivity contribution < 1.29 is 23.5 Å². The van der Waals surface area contributed by atoms with Crippen LogP contribution in [0.25, 0.3) is 10.9 Å². The number of Topliss-reactive ketones (excluding diaryl/α,β-unsaturated/α-hetero) is 2. The molecule has 182 valence electrons. The van der Waals surface area contributed by atoms with Gasteiger partial charge >= 0.3 is 0 Å². The van der Waals surface area contributed by atoms with E-state index >= 15 is 4.39 Å². The monoisotopic (exact) mass is 485 g/mol. The topological polar surface area (TPSA) is 67.3 Å². The quantitative estimate of drug-likeness (QED) is 0.319. The van der Waals surface area contributed by atoms with Gasteiger partial charge in [0, 0.05) is 36.9 Å². The number of ketones is 2. The molecule has 4 aromatic rings. The van der Waals surface area contributed by atoms with Gasteiger partial charge in [0.2, 0.25) is 0 Å². The lowest BCUT2D eigenvalue weighted by Crippen LogP contribution is -2.29. The number of hydrogen-bond donors (Lipinski definition) is 1. The van der Waals surface area contributed by atoms with E-state index in [2.05, 4.69) is 4.98 Å². The van der Waals surface area contributed by atoms with Gasteiger partial charge in [-0.3, -0.25) is 14.6 Å². The first-order valence-corrected chi connectivity index (χ1v) is 11.9. The van der Waals surface area contributed by atoms with Crippen molar-refractivity contribution in [2.45, 2.75) is 39.0 Å². The lowest BCUT2D eigenvalue weighted by atomic mass is 9.87. The fourth-order valence-electron chi connectivity index (χ4n) is 4.70. The minimum atomic E-state index is -1.01. The summed E-state index contributed by atoms with van der Waals surface area (Å²) in [5.41, 5.74) is 2.91. The molecule has 1 heterocycles. The van der Waals surface area contributed by atoms with E-state index in [1.807, 2.05) is 12.1 Å². The largest absolute Gasteiger partial charge is 0.508 e. The van der Waals surface area contributed by atoms with Gasteiger partial charge in [0.05, 0.1) is 10.9 Å². The molecule has 36 heavy (non-hydrogen) atoms. The average Bonchev–Trinajstić information content (AvgIpc) is 3.66. The molecule has 1 fully saturated rings. The number of carbonyl (C=O) groups excluding carboxylic acids is 2. The number of aromatic hydroxyl groups is 1. The fraction of sp³-hybridized carbons (Fsp3) is 0.233. The van der Waals surface area contributed by atoms with Gasteiger partial charge in [0.25, 0.3) is 0 Å². The van der Waals surface area contributed by atoms with E-state index < -0.39 is 11.2 Å². The molecule has 0 bridgehead atoms. The second kappa shape index (κ2) is 9.26. The summed E-state index contributed by atoms with van der Waals surface area (Å²) in [6.07, 6.45) is 3.03. The van der Waals surface area contributed by atoms with Crippen LogP contribution in [0.5, 0.6) is 5.75 Å². The molecule has 0 atom stereocenters. The summed E-state index contributed by atoms with van der Waals surface area (Å²) >= 11 is 0. The maximum atomic E-state index is 15.1. The molecular formula is C30H25F2NO3. The molecule has 6 heteroatoms. The normalized spacial score (nSPS) is 14.1. The van der Waals surface area contributed by atoms with E-state index in [0.717, 1.165) is 10.9 Å². The van der Waals surface area contributed by atoms with Crippen molar-refractivity contribution in [3.8, 4) is 5.75 Å². The summed E-state index contributed by atoms with van der Waals surface area (Å²) in [6, 6.07) is 15.8. The second-order valence-corrected chi connectivity index (χ2v) is 9.64. The van der Waals surface area contributed by atoms with Gasteiger partial charge in [-0.25, -0.2) is 8.78 Å². The number of rotatable bonds is 8. The highest BCUT2D eigenvalue weighted by Gasteiger charge is 2.54. The summed E-state index contributed by atoms with van der Waals surface area (Å²) in [5, 5.41) is 10.8. The van der Waals surface area contributed by atoms with Crippen LogP contribution in [0, 0.1) is 24.0 Å². The van der Waals surface area contributed by atoms with E-state index in [1.54, 1.807) is 43.5 Å². The molecule has 5 rings (SSSR count).